The number of Topliss-reactive ketones (excluding diaryl/α,β-unsaturated/α-hetero) is 1. The number of hydroxylamine groups is 1. The van der Waals surface area contributed by atoms with Gasteiger partial charge in [0.15, 0.2) is 5.78 Å². The Bertz CT molecular complexity index is 291. The molecule has 1 aliphatic heterocycles. The van der Waals surface area contributed by atoms with Crippen LogP contribution in [0.3, 0.4) is 0 Å². The highest BCUT2D eigenvalue weighted by atomic mass is 16.5. The van der Waals surface area contributed by atoms with Crippen LogP contribution in [0.25, 0.3) is 0 Å². The molecule has 0 aromatic heterocycles. The summed E-state index contributed by atoms with van der Waals surface area (Å²) in [5.74, 6) is -2.02. The van der Waals surface area contributed by atoms with Crippen LogP contribution in [0.4, 0.5) is 4.79 Å². The molecule has 0 aliphatic carbocycles. The van der Waals surface area contributed by atoms with Crippen LogP contribution in [0.1, 0.15) is 6.42 Å². The van der Waals surface area contributed by atoms with Gasteiger partial charge in [-0.05, 0) is 6.42 Å². The first-order chi connectivity index (χ1) is 7.10. The van der Waals surface area contributed by atoms with Gasteiger partial charge in [0.2, 0.25) is 0 Å². The van der Waals surface area contributed by atoms with Crippen LogP contribution >= 0.6 is 0 Å². The number of rotatable bonds is 1. The van der Waals surface area contributed by atoms with Crippen LogP contribution in [-0.4, -0.2) is 48.1 Å². The molecule has 1 unspecified atom stereocenters. The molecule has 2 N–H and O–H groups in total. The van der Waals surface area contributed by atoms with E-state index in [9.17, 15) is 14.4 Å². The average molecular weight is 216 g/mol. The quantitative estimate of drug-likeness (QED) is 0.338. The molecule has 0 bridgehead atoms. The second-order valence-electron chi connectivity index (χ2n) is 3.18. The number of nitrogens with one attached hydrogen (secondary N) is 1. The first-order valence-corrected chi connectivity index (χ1v) is 4.39. The molecular weight excluding hydrogens is 204 g/mol. The lowest BCUT2D eigenvalue weighted by Gasteiger charge is -2.28. The highest BCUT2D eigenvalue weighted by Crippen LogP contribution is 2.14. The van der Waals surface area contributed by atoms with Crippen molar-refractivity contribution in [2.24, 2.45) is 5.92 Å². The Morgan fingerprint density at radius 3 is 2.73 bits per heavy atom. The topological polar surface area (TPSA) is 95.9 Å². The molecule has 0 radical (unpaired) electrons. The number of carbonyl (C=O) groups excluding carboxylic acids is 3. The molecule has 15 heavy (non-hydrogen) atoms. The highest BCUT2D eigenvalue weighted by molar-refractivity contribution is 6.03. The van der Waals surface area contributed by atoms with Crippen LogP contribution in [-0.2, 0) is 14.3 Å². The second kappa shape index (κ2) is 4.74. The minimum Gasteiger partial charge on any atom is -0.453 e. The van der Waals surface area contributed by atoms with E-state index in [0.717, 1.165) is 0 Å². The van der Waals surface area contributed by atoms with E-state index in [-0.39, 0.29) is 19.5 Å². The zero-order chi connectivity index (χ0) is 11.4. The lowest BCUT2D eigenvalue weighted by atomic mass is 9.95. The first kappa shape index (κ1) is 11.4. The van der Waals surface area contributed by atoms with Gasteiger partial charge in [0, 0.05) is 6.54 Å². The van der Waals surface area contributed by atoms with Crippen molar-refractivity contribution < 1.29 is 24.3 Å². The summed E-state index contributed by atoms with van der Waals surface area (Å²) in [7, 11) is 1.22. The number of hydrogen-bond donors (Lipinski definition) is 2. The SMILES string of the molecule is COC(=O)N1CCC(C(=O)NO)C(=O)C1. The molecule has 0 aromatic rings. The lowest BCUT2D eigenvalue weighted by molar-refractivity contribution is -0.142. The van der Waals surface area contributed by atoms with E-state index in [2.05, 4.69) is 4.74 Å². The van der Waals surface area contributed by atoms with Gasteiger partial charge in [-0.15, -0.1) is 0 Å². The zero-order valence-corrected chi connectivity index (χ0v) is 8.23. The lowest BCUT2D eigenvalue weighted by Crippen LogP contribution is -2.48. The molecule has 1 rings (SSSR count). The van der Waals surface area contributed by atoms with E-state index in [1.165, 1.54) is 17.5 Å². The Kier molecular flexibility index (Phi) is 3.62. The maximum Gasteiger partial charge on any atom is 0.409 e. The average Bonchev–Trinajstić information content (AvgIpc) is 2.26. The van der Waals surface area contributed by atoms with Crippen molar-refractivity contribution in [2.45, 2.75) is 6.42 Å². The maximum atomic E-state index is 11.4. The van der Waals surface area contributed by atoms with Gasteiger partial charge >= 0.3 is 6.09 Å². The Balaban J connectivity index is 2.59. The number of ether oxygens (including phenoxy) is 1. The monoisotopic (exact) mass is 216 g/mol. The van der Waals surface area contributed by atoms with E-state index in [1.54, 1.807) is 0 Å². The Labute approximate surface area is 85.9 Å². The molecule has 7 heteroatoms. The van der Waals surface area contributed by atoms with Gasteiger partial charge in [0.1, 0.15) is 5.92 Å². The van der Waals surface area contributed by atoms with Gasteiger partial charge in [-0.1, -0.05) is 0 Å². The minimum atomic E-state index is -0.879. The molecule has 0 saturated carbocycles. The van der Waals surface area contributed by atoms with Crippen molar-refractivity contribution in [3.8, 4) is 0 Å². The van der Waals surface area contributed by atoms with E-state index in [0.29, 0.717) is 0 Å². The van der Waals surface area contributed by atoms with Crippen LogP contribution in [0, 0.1) is 5.92 Å². The fourth-order valence-corrected chi connectivity index (χ4v) is 1.46. The predicted octanol–water partition coefficient (Wildman–Crippen LogP) is -0.851. The standard InChI is InChI=1S/C8H12N2O5/c1-15-8(13)10-3-2-5(6(11)4-10)7(12)9-14/h5,14H,2-4H2,1H3,(H,9,12). The minimum absolute atomic E-state index is 0.162. The fourth-order valence-electron chi connectivity index (χ4n) is 1.46. The van der Waals surface area contributed by atoms with Gasteiger partial charge in [0.05, 0.1) is 13.7 Å². The third-order valence-corrected chi connectivity index (χ3v) is 2.28. The van der Waals surface area contributed by atoms with Crippen molar-refractivity contribution in [1.29, 1.82) is 0 Å². The molecular formula is C8H12N2O5. The summed E-state index contributed by atoms with van der Waals surface area (Å²) in [5, 5.41) is 8.37. The molecule has 2 amide bonds. The number of nitrogens with zero attached hydrogens (tertiary/aromatic N) is 1. The summed E-state index contributed by atoms with van der Waals surface area (Å²) < 4.78 is 4.44. The van der Waals surface area contributed by atoms with Gasteiger partial charge in [0.25, 0.3) is 5.91 Å². The van der Waals surface area contributed by atoms with Crippen LogP contribution in [0.2, 0.25) is 0 Å². The van der Waals surface area contributed by atoms with Crippen molar-refractivity contribution in [3.63, 3.8) is 0 Å². The summed E-state index contributed by atoms with van der Waals surface area (Å²) in [5.41, 5.74) is 1.43. The molecule has 1 saturated heterocycles. The molecule has 0 aromatic carbocycles. The summed E-state index contributed by atoms with van der Waals surface area (Å²) in [6, 6.07) is 0. The number of likely N-dealkylation sites (tertiary alicyclic amines) is 1. The smallest absolute Gasteiger partial charge is 0.409 e. The molecule has 1 fully saturated rings. The predicted molar refractivity (Wildman–Crippen MR) is 47.0 cm³/mol. The normalized spacial score (nSPS) is 21.1. The van der Waals surface area contributed by atoms with Crippen molar-refractivity contribution in [1.82, 2.24) is 10.4 Å². The number of piperidine rings is 1. The van der Waals surface area contributed by atoms with E-state index in [1.807, 2.05) is 0 Å². The van der Waals surface area contributed by atoms with Crippen LogP contribution < -0.4 is 5.48 Å². The van der Waals surface area contributed by atoms with E-state index < -0.39 is 23.7 Å². The summed E-state index contributed by atoms with van der Waals surface area (Å²) in [4.78, 5) is 34.7. The zero-order valence-electron chi connectivity index (χ0n) is 8.23. The number of hydrogen-bond acceptors (Lipinski definition) is 5. The fraction of sp³-hybridized carbons (Fsp3) is 0.625. The van der Waals surface area contributed by atoms with Gasteiger partial charge in [-0.3, -0.25) is 14.8 Å². The largest absolute Gasteiger partial charge is 0.453 e. The van der Waals surface area contributed by atoms with Crippen molar-refractivity contribution in [3.05, 3.63) is 0 Å². The summed E-state index contributed by atoms with van der Waals surface area (Å²) >= 11 is 0. The summed E-state index contributed by atoms with van der Waals surface area (Å²) in [6.45, 7) is 0.0985. The number of methoxy groups -OCH3 is 1. The van der Waals surface area contributed by atoms with Crippen molar-refractivity contribution in [2.75, 3.05) is 20.2 Å². The number of carbonyl (C=O) groups is 3. The third-order valence-electron chi connectivity index (χ3n) is 2.28. The number of amides is 2. The van der Waals surface area contributed by atoms with E-state index in [4.69, 9.17) is 5.21 Å². The van der Waals surface area contributed by atoms with Gasteiger partial charge < -0.3 is 9.64 Å². The van der Waals surface area contributed by atoms with Crippen LogP contribution in [0.5, 0.6) is 0 Å². The molecule has 1 heterocycles. The van der Waals surface area contributed by atoms with Gasteiger partial charge in [-0.25, -0.2) is 10.3 Å². The Morgan fingerprint density at radius 2 is 2.27 bits per heavy atom. The molecule has 1 atom stereocenters. The van der Waals surface area contributed by atoms with Crippen molar-refractivity contribution >= 4 is 17.8 Å². The summed E-state index contributed by atoms with van der Waals surface area (Å²) in [6.07, 6.45) is -0.397. The highest BCUT2D eigenvalue weighted by Gasteiger charge is 2.34. The first-order valence-electron chi connectivity index (χ1n) is 4.39. The Hall–Kier alpha value is -1.63. The maximum absolute atomic E-state index is 11.4. The molecule has 0 spiro atoms. The second-order valence-corrected chi connectivity index (χ2v) is 3.18. The Morgan fingerprint density at radius 1 is 1.60 bits per heavy atom. The third kappa shape index (κ3) is 2.44. The van der Waals surface area contributed by atoms with Gasteiger partial charge in [-0.2, -0.15) is 0 Å². The molecule has 84 valence electrons. The van der Waals surface area contributed by atoms with Crippen LogP contribution in [0.15, 0.2) is 0 Å². The number of ketones is 1. The molecule has 7 nitrogen and oxygen atoms in total. The van der Waals surface area contributed by atoms with E-state index >= 15 is 0 Å². The molecule has 1 aliphatic rings.